The van der Waals surface area contributed by atoms with Crippen molar-refractivity contribution in [2.45, 2.75) is 89.3 Å². The van der Waals surface area contributed by atoms with E-state index < -0.39 is 11.9 Å². The van der Waals surface area contributed by atoms with Gasteiger partial charge in [0.2, 0.25) is 23.6 Å². The predicted octanol–water partition coefficient (Wildman–Crippen LogP) is 6.59. The van der Waals surface area contributed by atoms with E-state index in [4.69, 9.17) is 14.2 Å². The van der Waals surface area contributed by atoms with E-state index in [1.807, 2.05) is 48.2 Å². The number of amides is 5. The molecule has 0 bridgehead atoms. The van der Waals surface area contributed by atoms with Gasteiger partial charge in [-0.15, -0.1) is 0 Å². The summed E-state index contributed by atoms with van der Waals surface area (Å²) in [5.74, 6) is 0.0273. The normalized spacial score (nSPS) is 20.8. The molecule has 1 saturated carbocycles. The van der Waals surface area contributed by atoms with Crippen LogP contribution in [0.2, 0.25) is 0 Å². The number of hydrogen-bond donors (Lipinski definition) is 3. The van der Waals surface area contributed by atoms with Gasteiger partial charge in [-0.05, 0) is 110 Å². The van der Waals surface area contributed by atoms with Crippen molar-refractivity contribution in [3.05, 3.63) is 95.4 Å². The van der Waals surface area contributed by atoms with Crippen LogP contribution in [0.25, 0.3) is 10.9 Å². The summed E-state index contributed by atoms with van der Waals surface area (Å²) in [7, 11) is 0. The quantitative estimate of drug-likeness (QED) is 0.0778. The number of benzene rings is 3. The lowest BCUT2D eigenvalue weighted by molar-refractivity contribution is -0.137. The summed E-state index contributed by atoms with van der Waals surface area (Å²) in [5, 5.41) is 9.63. The van der Waals surface area contributed by atoms with E-state index in [-0.39, 0.29) is 53.8 Å². The lowest BCUT2D eigenvalue weighted by Crippen LogP contribution is -2.52. The molecule has 3 aromatic carbocycles. The number of fused-ring (bicyclic) bond motifs is 2. The van der Waals surface area contributed by atoms with Crippen LogP contribution in [-0.4, -0.2) is 103 Å². The lowest BCUT2D eigenvalue weighted by Gasteiger charge is -2.32. The summed E-state index contributed by atoms with van der Waals surface area (Å²) in [5.41, 5.74) is 4.86. The molecule has 8 rings (SSSR count). The Morgan fingerprint density at radius 1 is 0.891 bits per heavy atom. The first kappa shape index (κ1) is 44.7. The molecule has 338 valence electrons. The molecule has 0 spiro atoms. The van der Waals surface area contributed by atoms with E-state index in [9.17, 15) is 28.4 Å². The first-order valence-electron chi connectivity index (χ1n) is 22.7. The fraction of sp³-hybridized carbons (Fsp3) is 0.469. The summed E-state index contributed by atoms with van der Waals surface area (Å²) < 4.78 is 31.7. The minimum Gasteiger partial charge on any atom is -0.490 e. The van der Waals surface area contributed by atoms with Gasteiger partial charge < -0.3 is 34.6 Å². The molecule has 4 aromatic rings. The molecule has 3 fully saturated rings. The molecule has 4 aliphatic rings. The molecular formula is C49H57FN6O8. The van der Waals surface area contributed by atoms with Crippen LogP contribution in [0, 0.1) is 17.7 Å². The summed E-state index contributed by atoms with van der Waals surface area (Å²) >= 11 is 0. The Labute approximate surface area is 372 Å². The number of piperidine rings is 2. The van der Waals surface area contributed by atoms with Gasteiger partial charge in [0.1, 0.15) is 23.7 Å². The second-order valence-corrected chi connectivity index (χ2v) is 17.3. The summed E-state index contributed by atoms with van der Waals surface area (Å²) in [4.78, 5) is 71.0. The van der Waals surface area contributed by atoms with Gasteiger partial charge in [-0.3, -0.25) is 34.3 Å². The van der Waals surface area contributed by atoms with Crippen LogP contribution >= 0.6 is 0 Å². The molecule has 4 heterocycles. The number of carbonyl (C=O) groups excluding carboxylic acids is 5. The summed E-state index contributed by atoms with van der Waals surface area (Å²) in [6.07, 6.45) is 7.83. The maximum absolute atomic E-state index is 14.0. The SMILES string of the molecule is C[C@@H](C(=O)Nc1ccc(OC2CCN(C(=O)CCOCCOCCNc3cccc4c3CN(C3CCC(=O)NC3=O)C4=O)CC2)cc1)C1CCC(c2ccnc3ccc(F)cc23)CC1. The van der Waals surface area contributed by atoms with Crippen LogP contribution in [0.3, 0.4) is 0 Å². The van der Waals surface area contributed by atoms with Gasteiger partial charge in [0.15, 0.2) is 0 Å². The van der Waals surface area contributed by atoms with Gasteiger partial charge in [-0.2, -0.15) is 0 Å². The first-order chi connectivity index (χ1) is 31.1. The molecule has 5 amide bonds. The Morgan fingerprint density at radius 3 is 2.42 bits per heavy atom. The first-order valence-corrected chi connectivity index (χ1v) is 22.7. The predicted molar refractivity (Wildman–Crippen MR) is 238 cm³/mol. The molecule has 3 N–H and O–H groups in total. The molecule has 2 saturated heterocycles. The number of halogens is 1. The highest BCUT2D eigenvalue weighted by molar-refractivity contribution is 6.06. The van der Waals surface area contributed by atoms with E-state index >= 15 is 0 Å². The number of rotatable bonds is 17. The Balaban J connectivity index is 0.667. The Kier molecular flexibility index (Phi) is 14.5. The zero-order chi connectivity index (χ0) is 44.6. The number of anilines is 2. The number of carbonyl (C=O) groups is 5. The highest BCUT2D eigenvalue weighted by Crippen LogP contribution is 2.41. The standard InChI is InChI=1S/C49H57FN6O8/c1-31(32-5-7-33(8-6-32)38-17-21-51-43-14-9-34(50)29-40(38)43)47(59)53-35-10-12-36(13-11-35)64-37-18-23-55(24-19-37)46(58)20-25-62-27-28-63-26-22-52-42-4-2-3-39-41(42)30-56(49(39)61)44-15-16-45(57)54-48(44)60/h2-4,9-14,17,21,29,31-33,37,44,52H,5-8,15-16,18-20,22-28,30H2,1H3,(H,53,59)(H,54,57,60)/t31-,32?,33?,44?/m1/s1. The zero-order valence-corrected chi connectivity index (χ0v) is 36.3. The summed E-state index contributed by atoms with van der Waals surface area (Å²) in [6, 6.07) is 19.0. The van der Waals surface area contributed by atoms with Gasteiger partial charge in [0, 0.05) is 85.4 Å². The van der Waals surface area contributed by atoms with Crippen LogP contribution in [0.4, 0.5) is 15.8 Å². The number of likely N-dealkylation sites (tertiary alicyclic amines) is 1. The number of imide groups is 1. The van der Waals surface area contributed by atoms with E-state index in [1.54, 1.807) is 30.5 Å². The monoisotopic (exact) mass is 876 g/mol. The molecule has 1 unspecified atom stereocenters. The van der Waals surface area contributed by atoms with Crippen molar-refractivity contribution in [3.63, 3.8) is 0 Å². The minimum atomic E-state index is -0.660. The Bertz CT molecular complexity index is 2330. The van der Waals surface area contributed by atoms with Crippen LogP contribution < -0.4 is 20.7 Å². The van der Waals surface area contributed by atoms with Crippen LogP contribution in [0.5, 0.6) is 5.75 Å². The number of nitrogens with zero attached hydrogens (tertiary/aromatic N) is 3. The number of pyridine rings is 1. The number of aromatic nitrogens is 1. The third-order valence-corrected chi connectivity index (χ3v) is 13.3. The van der Waals surface area contributed by atoms with Gasteiger partial charge in [0.25, 0.3) is 5.91 Å². The average Bonchev–Trinajstić information content (AvgIpc) is 3.64. The molecule has 1 aliphatic carbocycles. The molecule has 3 aliphatic heterocycles. The van der Waals surface area contributed by atoms with E-state index in [1.165, 1.54) is 11.0 Å². The number of ether oxygens (including phenoxy) is 3. The fourth-order valence-corrected chi connectivity index (χ4v) is 9.58. The fourth-order valence-electron chi connectivity index (χ4n) is 9.58. The van der Waals surface area contributed by atoms with Crippen molar-refractivity contribution in [2.75, 3.05) is 56.7 Å². The van der Waals surface area contributed by atoms with Crippen LogP contribution in [-0.2, 0) is 35.2 Å². The minimum absolute atomic E-state index is 0.00467. The Morgan fingerprint density at radius 2 is 1.66 bits per heavy atom. The van der Waals surface area contributed by atoms with Crippen LogP contribution in [0.15, 0.2) is 72.9 Å². The Hall–Kier alpha value is -5.93. The second-order valence-electron chi connectivity index (χ2n) is 17.3. The van der Waals surface area contributed by atoms with Gasteiger partial charge in [0.05, 0.1) is 38.4 Å². The van der Waals surface area contributed by atoms with Gasteiger partial charge in [-0.25, -0.2) is 4.39 Å². The highest BCUT2D eigenvalue weighted by Gasteiger charge is 2.40. The maximum atomic E-state index is 14.0. The van der Waals surface area contributed by atoms with Crippen molar-refractivity contribution in [3.8, 4) is 5.75 Å². The third-order valence-electron chi connectivity index (χ3n) is 13.3. The maximum Gasteiger partial charge on any atom is 0.255 e. The van der Waals surface area contributed by atoms with Gasteiger partial charge in [-0.1, -0.05) is 13.0 Å². The molecule has 2 atom stereocenters. The molecule has 14 nitrogen and oxygen atoms in total. The molecule has 15 heteroatoms. The van der Waals surface area contributed by atoms with E-state index in [2.05, 4.69) is 20.9 Å². The van der Waals surface area contributed by atoms with Crippen LogP contribution in [0.1, 0.15) is 92.1 Å². The number of hydrogen-bond acceptors (Lipinski definition) is 10. The average molecular weight is 877 g/mol. The number of nitrogens with one attached hydrogen (secondary N) is 3. The van der Waals surface area contributed by atoms with Crippen molar-refractivity contribution < 1.29 is 42.6 Å². The molecule has 64 heavy (non-hydrogen) atoms. The highest BCUT2D eigenvalue weighted by atomic mass is 19.1. The molecule has 0 radical (unpaired) electrons. The van der Waals surface area contributed by atoms with Crippen molar-refractivity contribution >= 4 is 51.8 Å². The largest absolute Gasteiger partial charge is 0.490 e. The lowest BCUT2D eigenvalue weighted by atomic mass is 9.73. The second kappa shape index (κ2) is 20.7. The molecular weight excluding hydrogens is 820 g/mol. The summed E-state index contributed by atoms with van der Waals surface area (Å²) in [6.45, 7) is 5.48. The van der Waals surface area contributed by atoms with E-state index in [0.29, 0.717) is 76.9 Å². The van der Waals surface area contributed by atoms with Crippen molar-refractivity contribution in [2.24, 2.45) is 11.8 Å². The molecule has 1 aromatic heterocycles. The van der Waals surface area contributed by atoms with E-state index in [0.717, 1.165) is 77.7 Å². The smallest absolute Gasteiger partial charge is 0.255 e. The zero-order valence-electron chi connectivity index (χ0n) is 36.3. The van der Waals surface area contributed by atoms with Gasteiger partial charge >= 0.3 is 0 Å². The van der Waals surface area contributed by atoms with Crippen molar-refractivity contribution in [1.29, 1.82) is 0 Å². The van der Waals surface area contributed by atoms with Crippen molar-refractivity contribution in [1.82, 2.24) is 20.1 Å². The topological polar surface area (TPSA) is 168 Å². The third kappa shape index (κ3) is 10.7.